The third-order valence-electron chi connectivity index (χ3n) is 7.43. The summed E-state index contributed by atoms with van der Waals surface area (Å²) in [5, 5.41) is 6.86. The average Bonchev–Trinajstić information content (AvgIpc) is 3.64. The molecule has 2 aliphatic heterocycles. The highest BCUT2D eigenvalue weighted by molar-refractivity contribution is 5.85. The summed E-state index contributed by atoms with van der Waals surface area (Å²) >= 11 is 0. The molecule has 2 saturated heterocycles. The lowest BCUT2D eigenvalue weighted by molar-refractivity contribution is 0.0289. The Morgan fingerprint density at radius 2 is 1.79 bits per heavy atom. The first kappa shape index (κ1) is 27.8. The molecule has 2 aromatic heterocycles. The molecule has 0 aliphatic carbocycles. The maximum absolute atomic E-state index is 12.7. The molecule has 1 atom stereocenters. The summed E-state index contributed by atoms with van der Waals surface area (Å²) in [7, 11) is 0. The lowest BCUT2D eigenvalue weighted by Gasteiger charge is -2.28. The standard InChI is InChI=1S/C31H38N8O3/c1-31(2,3)42-30(40)38-14-13-25(20-38)39-21-33-26-27(32-19-22-7-5-4-6-8-22)35-29(36-28(26)39)34-23-9-11-24(12-10-23)37-15-17-41-18-16-37/h4-12,21,25H,13-20H2,1-3H3,(H2,32,34,35,36)/t25-/m1/s1. The van der Waals surface area contributed by atoms with Crippen molar-refractivity contribution < 1.29 is 14.3 Å². The van der Waals surface area contributed by atoms with Crippen LogP contribution in [0.3, 0.4) is 0 Å². The van der Waals surface area contributed by atoms with Crippen LogP contribution in [-0.4, -0.2) is 75.5 Å². The number of carbonyl (C=O) groups is 1. The molecule has 42 heavy (non-hydrogen) atoms. The molecule has 0 spiro atoms. The van der Waals surface area contributed by atoms with Crippen LogP contribution in [0.15, 0.2) is 60.9 Å². The van der Waals surface area contributed by atoms with Crippen LogP contribution in [0.25, 0.3) is 11.2 Å². The summed E-state index contributed by atoms with van der Waals surface area (Å²) < 4.78 is 13.2. The fraction of sp³-hybridized carbons (Fsp3) is 0.419. The maximum Gasteiger partial charge on any atom is 0.410 e. The Kier molecular flexibility index (Phi) is 7.84. The van der Waals surface area contributed by atoms with Gasteiger partial charge in [-0.1, -0.05) is 30.3 Å². The summed E-state index contributed by atoms with van der Waals surface area (Å²) in [6, 6.07) is 18.5. The van der Waals surface area contributed by atoms with Crippen molar-refractivity contribution in [1.82, 2.24) is 24.4 Å². The lowest BCUT2D eigenvalue weighted by Crippen LogP contribution is -2.36. The minimum atomic E-state index is -0.537. The van der Waals surface area contributed by atoms with E-state index >= 15 is 0 Å². The monoisotopic (exact) mass is 570 g/mol. The third-order valence-corrected chi connectivity index (χ3v) is 7.43. The molecule has 4 heterocycles. The smallest absolute Gasteiger partial charge is 0.410 e. The van der Waals surface area contributed by atoms with Gasteiger partial charge in [-0.15, -0.1) is 0 Å². The molecule has 0 radical (unpaired) electrons. The van der Waals surface area contributed by atoms with Gasteiger partial charge in [-0.05, 0) is 57.0 Å². The molecular formula is C31H38N8O3. The molecule has 2 fully saturated rings. The van der Waals surface area contributed by atoms with Crippen LogP contribution in [0.2, 0.25) is 0 Å². The zero-order chi connectivity index (χ0) is 29.1. The molecule has 2 N–H and O–H groups in total. The van der Waals surface area contributed by atoms with Crippen LogP contribution in [0.5, 0.6) is 0 Å². The number of amides is 1. The van der Waals surface area contributed by atoms with E-state index in [1.807, 2.05) is 51.1 Å². The molecule has 2 aromatic carbocycles. The van der Waals surface area contributed by atoms with E-state index in [0.29, 0.717) is 42.6 Å². The number of likely N-dealkylation sites (tertiary alicyclic amines) is 1. The fourth-order valence-corrected chi connectivity index (χ4v) is 5.31. The highest BCUT2D eigenvalue weighted by Gasteiger charge is 2.32. The quantitative estimate of drug-likeness (QED) is 0.310. The number of morpholine rings is 1. The van der Waals surface area contributed by atoms with Crippen LogP contribution < -0.4 is 15.5 Å². The van der Waals surface area contributed by atoms with Crippen LogP contribution in [0, 0.1) is 0 Å². The molecule has 220 valence electrons. The van der Waals surface area contributed by atoms with Crippen molar-refractivity contribution in [3.8, 4) is 0 Å². The van der Waals surface area contributed by atoms with Crippen molar-refractivity contribution in [2.24, 2.45) is 0 Å². The molecule has 1 amide bonds. The zero-order valence-electron chi connectivity index (χ0n) is 24.4. The van der Waals surface area contributed by atoms with E-state index in [9.17, 15) is 4.79 Å². The Bertz CT molecular complexity index is 1510. The topological polar surface area (TPSA) is 110 Å². The Morgan fingerprint density at radius 1 is 1.02 bits per heavy atom. The predicted octanol–water partition coefficient (Wildman–Crippen LogP) is 5.20. The van der Waals surface area contributed by atoms with Gasteiger partial charge in [0.1, 0.15) is 5.60 Å². The number of aromatic nitrogens is 4. The number of fused-ring (bicyclic) bond motifs is 1. The van der Waals surface area contributed by atoms with E-state index < -0.39 is 5.60 Å². The number of anilines is 4. The van der Waals surface area contributed by atoms with Crippen molar-refractivity contribution >= 4 is 40.4 Å². The van der Waals surface area contributed by atoms with Crippen molar-refractivity contribution in [1.29, 1.82) is 0 Å². The van der Waals surface area contributed by atoms with Crippen LogP contribution in [0.4, 0.5) is 27.9 Å². The van der Waals surface area contributed by atoms with Crippen LogP contribution >= 0.6 is 0 Å². The van der Waals surface area contributed by atoms with E-state index in [0.717, 1.165) is 44.0 Å². The highest BCUT2D eigenvalue weighted by atomic mass is 16.6. The zero-order valence-corrected chi connectivity index (χ0v) is 24.4. The lowest BCUT2D eigenvalue weighted by atomic mass is 10.2. The van der Waals surface area contributed by atoms with E-state index in [-0.39, 0.29) is 12.1 Å². The summed E-state index contributed by atoms with van der Waals surface area (Å²) in [6.07, 6.45) is 2.29. The Hall–Kier alpha value is -4.38. The predicted molar refractivity (Wildman–Crippen MR) is 163 cm³/mol. The van der Waals surface area contributed by atoms with E-state index in [2.05, 4.69) is 44.4 Å². The summed E-state index contributed by atoms with van der Waals surface area (Å²) in [6.45, 7) is 10.7. The number of hydrogen-bond donors (Lipinski definition) is 2. The highest BCUT2D eigenvalue weighted by Crippen LogP contribution is 2.30. The average molecular weight is 571 g/mol. The first-order valence-corrected chi connectivity index (χ1v) is 14.5. The van der Waals surface area contributed by atoms with Gasteiger partial charge in [-0.2, -0.15) is 9.97 Å². The minimum absolute atomic E-state index is 0.0278. The number of benzene rings is 2. The summed E-state index contributed by atoms with van der Waals surface area (Å²) in [4.78, 5) is 31.2. The first-order chi connectivity index (χ1) is 20.3. The molecular weight excluding hydrogens is 532 g/mol. The molecule has 11 nitrogen and oxygen atoms in total. The molecule has 2 aliphatic rings. The van der Waals surface area contributed by atoms with E-state index in [4.69, 9.17) is 24.4 Å². The number of carbonyl (C=O) groups excluding carboxylic acids is 1. The van der Waals surface area contributed by atoms with Crippen molar-refractivity contribution in [2.45, 2.75) is 45.4 Å². The van der Waals surface area contributed by atoms with Gasteiger partial charge in [0.2, 0.25) is 5.95 Å². The van der Waals surface area contributed by atoms with E-state index in [1.54, 1.807) is 11.2 Å². The SMILES string of the molecule is CC(C)(C)OC(=O)N1CC[C@@H](n2cnc3c(NCc4ccccc4)nc(Nc4ccc(N5CCOCC5)cc4)nc32)C1. The number of hydrogen-bond acceptors (Lipinski definition) is 9. The molecule has 11 heteroatoms. The number of imidazole rings is 1. The molecule has 4 aromatic rings. The summed E-state index contributed by atoms with van der Waals surface area (Å²) in [5.41, 5.74) is 4.06. The summed E-state index contributed by atoms with van der Waals surface area (Å²) in [5.74, 6) is 1.12. The van der Waals surface area contributed by atoms with Crippen molar-refractivity contribution in [2.75, 3.05) is 54.9 Å². The number of rotatable bonds is 7. The maximum atomic E-state index is 12.7. The van der Waals surface area contributed by atoms with Gasteiger partial charge in [0.15, 0.2) is 17.0 Å². The van der Waals surface area contributed by atoms with Gasteiger partial charge in [-0.3, -0.25) is 0 Å². The van der Waals surface area contributed by atoms with Crippen LogP contribution in [0.1, 0.15) is 38.8 Å². The van der Waals surface area contributed by atoms with Gasteiger partial charge >= 0.3 is 6.09 Å². The molecule has 0 unspecified atom stereocenters. The normalized spacial score (nSPS) is 17.5. The van der Waals surface area contributed by atoms with Crippen molar-refractivity contribution in [3.63, 3.8) is 0 Å². The Balaban J connectivity index is 1.26. The largest absolute Gasteiger partial charge is 0.444 e. The molecule has 0 bridgehead atoms. The van der Waals surface area contributed by atoms with Gasteiger partial charge in [-0.25, -0.2) is 9.78 Å². The second-order valence-electron chi connectivity index (χ2n) is 11.7. The Labute approximate surface area is 245 Å². The first-order valence-electron chi connectivity index (χ1n) is 14.5. The van der Waals surface area contributed by atoms with E-state index in [1.165, 1.54) is 5.69 Å². The molecule has 6 rings (SSSR count). The van der Waals surface area contributed by atoms with Gasteiger partial charge in [0, 0.05) is 44.1 Å². The third kappa shape index (κ3) is 6.41. The fourth-order valence-electron chi connectivity index (χ4n) is 5.31. The Morgan fingerprint density at radius 3 is 2.52 bits per heavy atom. The van der Waals surface area contributed by atoms with Gasteiger partial charge < -0.3 is 34.5 Å². The van der Waals surface area contributed by atoms with Gasteiger partial charge in [0.25, 0.3) is 0 Å². The van der Waals surface area contributed by atoms with Crippen molar-refractivity contribution in [3.05, 3.63) is 66.5 Å². The number of nitrogens with one attached hydrogen (secondary N) is 2. The minimum Gasteiger partial charge on any atom is -0.444 e. The molecule has 0 saturated carbocycles. The second kappa shape index (κ2) is 11.8. The number of nitrogens with zero attached hydrogens (tertiary/aromatic N) is 6. The van der Waals surface area contributed by atoms with Crippen LogP contribution in [-0.2, 0) is 16.0 Å². The number of ether oxygens (including phenoxy) is 2. The second-order valence-corrected chi connectivity index (χ2v) is 11.7. The van der Waals surface area contributed by atoms with Gasteiger partial charge in [0.05, 0.1) is 25.6 Å².